The zero-order valence-electron chi connectivity index (χ0n) is 20.3. The number of benzene rings is 1. The maximum Gasteiger partial charge on any atom is 0.317 e. The van der Waals surface area contributed by atoms with Crippen molar-refractivity contribution in [1.82, 2.24) is 19.7 Å². The van der Waals surface area contributed by atoms with Crippen molar-refractivity contribution >= 4 is 42.0 Å². The normalized spacial score (nSPS) is 17.5. The van der Waals surface area contributed by atoms with Crippen LogP contribution in [-0.2, 0) is 43.4 Å². The van der Waals surface area contributed by atoms with Crippen LogP contribution in [0.2, 0.25) is 0 Å². The van der Waals surface area contributed by atoms with Gasteiger partial charge in [-0.15, -0.1) is 0 Å². The molecule has 1 N–H and O–H groups in total. The number of carboxylic acids is 1. The summed E-state index contributed by atoms with van der Waals surface area (Å²) >= 11 is 4.67. The number of ether oxygens (including phenoxy) is 2. The molecule has 0 amide bonds. The van der Waals surface area contributed by atoms with E-state index in [1.165, 1.54) is 0 Å². The number of fused-ring (bicyclic) bond motifs is 2. The highest BCUT2D eigenvalue weighted by molar-refractivity contribution is 7.78. The Bertz CT molecular complexity index is 1100. The Labute approximate surface area is 220 Å². The largest absolute Gasteiger partial charge is 0.480 e. The fourth-order valence-corrected chi connectivity index (χ4v) is 4.36. The van der Waals surface area contributed by atoms with Gasteiger partial charge in [-0.1, -0.05) is 18.2 Å². The van der Waals surface area contributed by atoms with Gasteiger partial charge in [0, 0.05) is 38.8 Å². The highest BCUT2D eigenvalue weighted by atomic mass is 32.1. The Hall–Kier alpha value is -3.54. The van der Waals surface area contributed by atoms with E-state index < -0.39 is 5.97 Å². The molecule has 0 radical (unpaired) electrons. The molecule has 1 aromatic heterocycles. The van der Waals surface area contributed by atoms with Gasteiger partial charge in [0.1, 0.15) is 13.5 Å². The van der Waals surface area contributed by atoms with Gasteiger partial charge >= 0.3 is 5.97 Å². The van der Waals surface area contributed by atoms with Crippen molar-refractivity contribution in [2.45, 2.75) is 25.6 Å². The minimum absolute atomic E-state index is 0.0221. The summed E-state index contributed by atoms with van der Waals surface area (Å²) in [5, 5.41) is 11.9. The number of carboxylic acid groups (broad SMARTS) is 1. The lowest BCUT2D eigenvalue weighted by molar-refractivity contribution is -0.139. The Balaban J connectivity index is 1.95. The lowest BCUT2D eigenvalue weighted by Gasteiger charge is -2.36. The van der Waals surface area contributed by atoms with E-state index in [0.717, 1.165) is 17.0 Å². The van der Waals surface area contributed by atoms with E-state index in [1.54, 1.807) is 0 Å². The van der Waals surface area contributed by atoms with Crippen molar-refractivity contribution in [2.75, 3.05) is 39.6 Å². The van der Waals surface area contributed by atoms with Gasteiger partial charge in [-0.25, -0.2) is 0 Å². The molecule has 0 saturated heterocycles. The molecule has 0 aliphatic carbocycles. The first-order chi connectivity index (χ1) is 18.0. The van der Waals surface area contributed by atoms with Gasteiger partial charge in [-0.2, -0.15) is 4.99 Å². The molecule has 1 aliphatic rings. The maximum atomic E-state index is 11.7. The molecule has 1 unspecified atom stereocenters. The van der Waals surface area contributed by atoms with Crippen LogP contribution < -0.4 is 0 Å². The number of pyridine rings is 1. The highest BCUT2D eigenvalue weighted by Gasteiger charge is 2.26. The Morgan fingerprint density at radius 1 is 1.05 bits per heavy atom. The van der Waals surface area contributed by atoms with Gasteiger partial charge in [-0.05, 0) is 48.5 Å². The number of aliphatic imine (C=N–C) groups is 1. The van der Waals surface area contributed by atoms with Crippen LogP contribution in [0.15, 0.2) is 47.5 Å². The van der Waals surface area contributed by atoms with Crippen LogP contribution in [0.25, 0.3) is 0 Å². The third-order valence-corrected chi connectivity index (χ3v) is 5.99. The topological polar surface area (TPSA) is 125 Å². The van der Waals surface area contributed by atoms with E-state index in [-0.39, 0.29) is 26.0 Å². The number of aromatic nitrogens is 1. The maximum absolute atomic E-state index is 11.7. The number of hydrogen-bond donors (Lipinski definition) is 1. The number of isothiocyanates is 1. The molecule has 0 saturated carbocycles. The second-order valence-corrected chi connectivity index (χ2v) is 8.74. The third-order valence-electron chi connectivity index (χ3n) is 5.90. The first-order valence-electron chi connectivity index (χ1n) is 11.6. The lowest BCUT2D eigenvalue weighted by atomic mass is 10.0. The average molecular weight is 528 g/mol. The molecule has 1 aliphatic heterocycles. The van der Waals surface area contributed by atoms with Crippen LogP contribution in [-0.4, -0.2) is 94.5 Å². The third kappa shape index (κ3) is 9.45. The van der Waals surface area contributed by atoms with E-state index in [0.29, 0.717) is 57.8 Å². The summed E-state index contributed by atoms with van der Waals surface area (Å²) in [6, 6.07) is 12.9. The lowest BCUT2D eigenvalue weighted by Crippen LogP contribution is -2.50. The number of carbonyl (C=O) groups is 3. The minimum Gasteiger partial charge on any atom is -0.480 e. The van der Waals surface area contributed by atoms with E-state index in [9.17, 15) is 19.5 Å². The fraction of sp³-hybridized carbons (Fsp3) is 0.400. The SMILES string of the molecule is O=COCN1CCN(COC=O)C(Cc2ccc(N=C=S)cc2)CN(CC(=O)O)Cc2cccc(n2)C1. The first-order valence-corrected chi connectivity index (χ1v) is 12.0. The summed E-state index contributed by atoms with van der Waals surface area (Å²) in [6.07, 6.45) is 0.554. The van der Waals surface area contributed by atoms with Crippen LogP contribution in [0.3, 0.4) is 0 Å². The second-order valence-electron chi connectivity index (χ2n) is 8.56. The number of nitrogens with zero attached hydrogens (tertiary/aromatic N) is 5. The Kier molecular flexibility index (Phi) is 11.3. The first kappa shape index (κ1) is 28.0. The predicted molar refractivity (Wildman–Crippen MR) is 137 cm³/mol. The number of thiocarbonyl (C=S) groups is 1. The standard InChI is InChI=1S/C25H29N5O6S/c31-18-35-16-28-8-9-30(17-36-19-32)24(10-20-4-6-21(7-5-20)26-15-37)13-29(14-25(33)34)12-23-3-1-2-22(11-28)27-23/h1-7,18-19,24H,8-14,16-17H2,(H,33,34). The van der Waals surface area contributed by atoms with Gasteiger partial charge in [0.05, 0.1) is 28.8 Å². The summed E-state index contributed by atoms with van der Waals surface area (Å²) in [7, 11) is 0. The number of rotatable bonds is 11. The number of aliphatic carboxylic acids is 1. The average Bonchev–Trinajstić information content (AvgIpc) is 2.87. The van der Waals surface area contributed by atoms with Crippen LogP contribution in [0.5, 0.6) is 0 Å². The van der Waals surface area contributed by atoms with E-state index in [2.05, 4.69) is 22.4 Å². The van der Waals surface area contributed by atoms with Gasteiger partial charge < -0.3 is 14.6 Å². The molecule has 2 aromatic rings. The van der Waals surface area contributed by atoms with Crippen molar-refractivity contribution in [3.63, 3.8) is 0 Å². The van der Waals surface area contributed by atoms with Crippen molar-refractivity contribution in [3.8, 4) is 0 Å². The van der Waals surface area contributed by atoms with Crippen molar-refractivity contribution in [3.05, 3.63) is 59.4 Å². The summed E-state index contributed by atoms with van der Waals surface area (Å²) in [5.74, 6) is -0.947. The quantitative estimate of drug-likeness (QED) is 0.261. The minimum atomic E-state index is -0.947. The molecule has 196 valence electrons. The Morgan fingerprint density at radius 3 is 2.38 bits per heavy atom. The van der Waals surface area contributed by atoms with Crippen LogP contribution >= 0.6 is 12.2 Å². The van der Waals surface area contributed by atoms with Gasteiger partial charge in [0.25, 0.3) is 12.9 Å². The molecular formula is C25H29N5O6S. The van der Waals surface area contributed by atoms with Crippen LogP contribution in [0, 0.1) is 0 Å². The fourth-order valence-electron chi connectivity index (χ4n) is 4.25. The summed E-state index contributed by atoms with van der Waals surface area (Å²) in [5.41, 5.74) is 3.18. The smallest absolute Gasteiger partial charge is 0.317 e. The van der Waals surface area contributed by atoms with Crippen molar-refractivity contribution < 1.29 is 29.0 Å². The number of hydrogen-bond acceptors (Lipinski definition) is 11. The molecular weight excluding hydrogens is 498 g/mol. The van der Waals surface area contributed by atoms with Gasteiger partial charge in [0.2, 0.25) is 0 Å². The van der Waals surface area contributed by atoms with Crippen molar-refractivity contribution in [1.29, 1.82) is 0 Å². The molecule has 2 heterocycles. The summed E-state index contributed by atoms with van der Waals surface area (Å²) in [4.78, 5) is 48.1. The monoisotopic (exact) mass is 527 g/mol. The second kappa shape index (κ2) is 14.9. The highest BCUT2D eigenvalue weighted by Crippen LogP contribution is 2.18. The molecule has 11 nitrogen and oxygen atoms in total. The van der Waals surface area contributed by atoms with E-state index in [4.69, 9.17) is 14.5 Å². The van der Waals surface area contributed by atoms with Crippen molar-refractivity contribution in [2.24, 2.45) is 4.99 Å². The molecule has 1 atom stereocenters. The summed E-state index contributed by atoms with van der Waals surface area (Å²) in [6.45, 7) is 2.80. The molecule has 1 aromatic carbocycles. The Morgan fingerprint density at radius 2 is 1.73 bits per heavy atom. The molecule has 37 heavy (non-hydrogen) atoms. The van der Waals surface area contributed by atoms with E-state index >= 15 is 0 Å². The zero-order valence-corrected chi connectivity index (χ0v) is 21.1. The molecule has 12 heteroatoms. The summed E-state index contributed by atoms with van der Waals surface area (Å²) < 4.78 is 10.2. The number of carbonyl (C=O) groups excluding carboxylic acids is 2. The predicted octanol–water partition coefficient (Wildman–Crippen LogP) is 1.69. The molecule has 0 spiro atoms. The van der Waals surface area contributed by atoms with Crippen LogP contribution in [0.1, 0.15) is 17.0 Å². The van der Waals surface area contributed by atoms with Gasteiger partial charge in [0.15, 0.2) is 0 Å². The molecule has 0 fully saturated rings. The molecule has 2 bridgehead atoms. The van der Waals surface area contributed by atoms with Crippen LogP contribution in [0.4, 0.5) is 5.69 Å². The van der Waals surface area contributed by atoms with Gasteiger partial charge in [-0.3, -0.25) is 34.1 Å². The van der Waals surface area contributed by atoms with E-state index in [1.807, 2.05) is 57.2 Å². The zero-order chi connectivity index (χ0) is 26.5. The molecule has 3 rings (SSSR count).